The largest absolute Gasteiger partial charge is 0.494 e. The normalized spacial score (nSPS) is 17.9. The first kappa shape index (κ1) is 19.9. The molecular formula is C24H27NO3. The van der Waals surface area contributed by atoms with Gasteiger partial charge in [-0.05, 0) is 68.4 Å². The molecule has 0 bridgehead atoms. The summed E-state index contributed by atoms with van der Waals surface area (Å²) in [4.78, 5) is 15.2. The topological polar surface area (TPSA) is 38.8 Å². The van der Waals surface area contributed by atoms with Gasteiger partial charge in [-0.25, -0.2) is 0 Å². The molecule has 4 heteroatoms. The predicted molar refractivity (Wildman–Crippen MR) is 114 cm³/mol. The summed E-state index contributed by atoms with van der Waals surface area (Å²) in [6.07, 6.45) is 3.94. The number of rotatable bonds is 6. The van der Waals surface area contributed by atoms with Crippen LogP contribution in [0, 0.1) is 0 Å². The van der Waals surface area contributed by atoms with Crippen molar-refractivity contribution >= 4 is 17.9 Å². The van der Waals surface area contributed by atoms with Crippen LogP contribution in [0.2, 0.25) is 0 Å². The second kappa shape index (κ2) is 9.38. The molecule has 0 unspecified atom stereocenters. The van der Waals surface area contributed by atoms with Gasteiger partial charge >= 0.3 is 0 Å². The van der Waals surface area contributed by atoms with E-state index < -0.39 is 0 Å². The zero-order valence-electron chi connectivity index (χ0n) is 16.8. The van der Waals surface area contributed by atoms with Gasteiger partial charge in [0.2, 0.25) is 0 Å². The average molecular weight is 377 g/mol. The van der Waals surface area contributed by atoms with Crippen LogP contribution in [-0.2, 0) is 4.79 Å². The first-order valence-corrected chi connectivity index (χ1v) is 9.69. The van der Waals surface area contributed by atoms with E-state index in [4.69, 9.17) is 9.47 Å². The highest BCUT2D eigenvalue weighted by Crippen LogP contribution is 2.23. The number of likely N-dealkylation sites (N-methyl/N-ethyl adjacent to an activating group) is 1. The molecule has 2 aromatic carbocycles. The van der Waals surface area contributed by atoms with Crippen molar-refractivity contribution in [2.45, 2.75) is 13.8 Å². The number of hydrogen-bond acceptors (Lipinski definition) is 4. The lowest BCUT2D eigenvalue weighted by molar-refractivity contribution is -0.113. The summed E-state index contributed by atoms with van der Waals surface area (Å²) >= 11 is 0. The molecule has 1 aliphatic heterocycles. The molecule has 0 aromatic heterocycles. The van der Waals surface area contributed by atoms with Crippen molar-refractivity contribution in [2.24, 2.45) is 0 Å². The number of piperidine rings is 1. The number of ether oxygens (including phenoxy) is 2. The fraction of sp³-hybridized carbons (Fsp3) is 0.292. The quantitative estimate of drug-likeness (QED) is 0.697. The fourth-order valence-corrected chi connectivity index (χ4v) is 3.27. The maximum absolute atomic E-state index is 13.0. The van der Waals surface area contributed by atoms with E-state index in [1.807, 2.05) is 81.6 Å². The van der Waals surface area contributed by atoms with E-state index in [1.165, 1.54) is 0 Å². The second-order valence-electron chi connectivity index (χ2n) is 6.84. The minimum absolute atomic E-state index is 0.112. The SMILES string of the molecule is CCOc1ccc(/C=C2/CN(C)C/C(=C\c3ccc(OCC)cc3)C2=O)cc1. The first-order chi connectivity index (χ1) is 13.6. The van der Waals surface area contributed by atoms with E-state index in [-0.39, 0.29) is 5.78 Å². The molecule has 1 aliphatic rings. The fourth-order valence-electron chi connectivity index (χ4n) is 3.27. The number of nitrogens with zero attached hydrogens (tertiary/aromatic N) is 1. The van der Waals surface area contributed by atoms with E-state index >= 15 is 0 Å². The number of carbonyl (C=O) groups is 1. The number of benzene rings is 2. The molecule has 0 aliphatic carbocycles. The number of likely N-dealkylation sites (tertiary alicyclic amines) is 1. The van der Waals surface area contributed by atoms with Gasteiger partial charge in [-0.15, -0.1) is 0 Å². The first-order valence-electron chi connectivity index (χ1n) is 9.69. The Labute approximate surface area is 167 Å². The maximum atomic E-state index is 13.0. The van der Waals surface area contributed by atoms with Gasteiger partial charge < -0.3 is 9.47 Å². The molecule has 0 atom stereocenters. The molecule has 2 aromatic rings. The smallest absolute Gasteiger partial charge is 0.187 e. The molecule has 1 fully saturated rings. The summed E-state index contributed by atoms with van der Waals surface area (Å²) in [6.45, 7) is 6.50. The van der Waals surface area contributed by atoms with Crippen LogP contribution in [0.5, 0.6) is 11.5 Å². The van der Waals surface area contributed by atoms with Gasteiger partial charge in [-0.2, -0.15) is 0 Å². The van der Waals surface area contributed by atoms with Gasteiger partial charge in [0.1, 0.15) is 11.5 Å². The van der Waals surface area contributed by atoms with E-state index in [2.05, 4.69) is 4.90 Å². The van der Waals surface area contributed by atoms with Crippen LogP contribution < -0.4 is 9.47 Å². The molecular weight excluding hydrogens is 350 g/mol. The second-order valence-corrected chi connectivity index (χ2v) is 6.84. The minimum atomic E-state index is 0.112. The maximum Gasteiger partial charge on any atom is 0.187 e. The summed E-state index contributed by atoms with van der Waals surface area (Å²) in [5, 5.41) is 0. The van der Waals surface area contributed by atoms with Crippen LogP contribution >= 0.6 is 0 Å². The van der Waals surface area contributed by atoms with Gasteiger partial charge in [-0.3, -0.25) is 9.69 Å². The molecule has 4 nitrogen and oxygen atoms in total. The predicted octanol–water partition coefficient (Wildman–Crippen LogP) is 4.47. The van der Waals surface area contributed by atoms with Gasteiger partial charge in [0.05, 0.1) is 13.2 Å². The van der Waals surface area contributed by atoms with E-state index in [1.54, 1.807) is 0 Å². The Morgan fingerprint density at radius 3 is 1.54 bits per heavy atom. The number of Topliss-reactive ketones (excluding diaryl/α,β-unsaturated/α-hetero) is 1. The van der Waals surface area contributed by atoms with E-state index in [0.29, 0.717) is 26.3 Å². The minimum Gasteiger partial charge on any atom is -0.494 e. The average Bonchev–Trinajstić information content (AvgIpc) is 2.69. The molecule has 0 N–H and O–H groups in total. The molecule has 0 amide bonds. The Bertz CT molecular complexity index is 792. The van der Waals surface area contributed by atoms with Gasteiger partial charge in [0, 0.05) is 24.2 Å². The third kappa shape index (κ3) is 5.11. The third-order valence-electron chi connectivity index (χ3n) is 4.53. The Morgan fingerprint density at radius 2 is 1.18 bits per heavy atom. The Morgan fingerprint density at radius 1 is 0.786 bits per heavy atom. The number of hydrogen-bond donors (Lipinski definition) is 0. The Balaban J connectivity index is 1.81. The van der Waals surface area contributed by atoms with Crippen molar-refractivity contribution in [1.29, 1.82) is 0 Å². The van der Waals surface area contributed by atoms with Crippen LogP contribution in [0.15, 0.2) is 59.7 Å². The molecule has 146 valence electrons. The van der Waals surface area contributed by atoms with Crippen molar-refractivity contribution in [3.05, 3.63) is 70.8 Å². The highest BCUT2D eigenvalue weighted by Gasteiger charge is 2.23. The van der Waals surface area contributed by atoms with Gasteiger partial charge in [0.15, 0.2) is 5.78 Å². The zero-order chi connectivity index (χ0) is 19.9. The van der Waals surface area contributed by atoms with Crippen molar-refractivity contribution in [3.8, 4) is 11.5 Å². The molecule has 1 heterocycles. The molecule has 0 spiro atoms. The Hall–Kier alpha value is -2.85. The lowest BCUT2D eigenvalue weighted by Gasteiger charge is -2.26. The van der Waals surface area contributed by atoms with Crippen molar-refractivity contribution < 1.29 is 14.3 Å². The summed E-state index contributed by atoms with van der Waals surface area (Å²) in [5.41, 5.74) is 3.61. The summed E-state index contributed by atoms with van der Waals surface area (Å²) < 4.78 is 11.0. The van der Waals surface area contributed by atoms with E-state index in [9.17, 15) is 4.79 Å². The monoisotopic (exact) mass is 377 g/mol. The van der Waals surface area contributed by atoms with Crippen LogP contribution in [0.4, 0.5) is 0 Å². The standard InChI is InChI=1S/C24H27NO3/c1-4-27-22-10-6-18(7-11-22)14-20-16-25(3)17-21(24(20)26)15-19-8-12-23(13-9-19)28-5-2/h6-15H,4-5,16-17H2,1-3H3/b20-14-,21-15+. The molecule has 0 radical (unpaired) electrons. The summed E-state index contributed by atoms with van der Waals surface area (Å²) in [6, 6.07) is 15.7. The highest BCUT2D eigenvalue weighted by molar-refractivity contribution is 6.14. The van der Waals surface area contributed by atoms with Crippen molar-refractivity contribution in [1.82, 2.24) is 4.90 Å². The van der Waals surface area contributed by atoms with Crippen molar-refractivity contribution in [3.63, 3.8) is 0 Å². The zero-order valence-corrected chi connectivity index (χ0v) is 16.8. The number of carbonyl (C=O) groups excluding carboxylic acids is 1. The summed E-state index contributed by atoms with van der Waals surface area (Å²) in [7, 11) is 2.03. The summed E-state index contributed by atoms with van der Waals surface area (Å²) in [5.74, 6) is 1.79. The Kier molecular flexibility index (Phi) is 6.66. The molecule has 1 saturated heterocycles. The lowest BCUT2D eigenvalue weighted by Crippen LogP contribution is -2.34. The van der Waals surface area contributed by atoms with Crippen molar-refractivity contribution in [2.75, 3.05) is 33.4 Å². The highest BCUT2D eigenvalue weighted by atomic mass is 16.5. The third-order valence-corrected chi connectivity index (χ3v) is 4.53. The lowest BCUT2D eigenvalue weighted by atomic mass is 9.94. The molecule has 3 rings (SSSR count). The van der Waals surface area contributed by atoms with Crippen LogP contribution in [0.3, 0.4) is 0 Å². The van der Waals surface area contributed by atoms with E-state index in [0.717, 1.165) is 33.8 Å². The van der Waals surface area contributed by atoms with Gasteiger partial charge in [-0.1, -0.05) is 24.3 Å². The number of ketones is 1. The van der Waals surface area contributed by atoms with Crippen LogP contribution in [0.25, 0.3) is 12.2 Å². The van der Waals surface area contributed by atoms with Crippen LogP contribution in [0.1, 0.15) is 25.0 Å². The van der Waals surface area contributed by atoms with Crippen LogP contribution in [-0.4, -0.2) is 44.0 Å². The van der Waals surface area contributed by atoms with Gasteiger partial charge in [0.25, 0.3) is 0 Å². The molecule has 0 saturated carbocycles. The molecule has 28 heavy (non-hydrogen) atoms.